The van der Waals surface area contributed by atoms with Crippen molar-refractivity contribution in [3.63, 3.8) is 0 Å². The molecule has 0 spiro atoms. The van der Waals surface area contributed by atoms with Crippen molar-refractivity contribution < 1.29 is 31.9 Å². The monoisotopic (exact) mass is 429 g/mol. The van der Waals surface area contributed by atoms with Gasteiger partial charge in [-0.25, -0.2) is 21.9 Å². The molecule has 0 radical (unpaired) electrons. The van der Waals surface area contributed by atoms with Crippen LogP contribution in [0.3, 0.4) is 0 Å². The van der Waals surface area contributed by atoms with Gasteiger partial charge in [-0.15, -0.1) is 0 Å². The predicted octanol–water partition coefficient (Wildman–Crippen LogP) is 1.15. The molecule has 29 heavy (non-hydrogen) atoms. The summed E-state index contributed by atoms with van der Waals surface area (Å²) >= 11 is 0. The van der Waals surface area contributed by atoms with Crippen LogP contribution in [0.2, 0.25) is 0 Å². The lowest BCUT2D eigenvalue weighted by molar-refractivity contribution is -0.154. The number of sulfonamides is 1. The maximum absolute atomic E-state index is 12.9. The molecule has 160 valence electrons. The minimum absolute atomic E-state index is 0.0270. The van der Waals surface area contributed by atoms with Crippen LogP contribution in [0.25, 0.3) is 0 Å². The zero-order chi connectivity index (χ0) is 21.6. The van der Waals surface area contributed by atoms with E-state index in [9.17, 15) is 27.2 Å². The molecule has 11 heteroatoms. The van der Waals surface area contributed by atoms with Crippen molar-refractivity contribution in [1.82, 2.24) is 14.9 Å². The number of hydrogen-bond acceptors (Lipinski definition) is 6. The quantitative estimate of drug-likeness (QED) is 0.568. The van der Waals surface area contributed by atoms with E-state index < -0.39 is 39.9 Å². The highest BCUT2D eigenvalue weighted by Gasteiger charge is 2.26. The molecule has 0 aromatic heterocycles. The molecule has 1 atom stereocenters. The Morgan fingerprint density at radius 1 is 1.24 bits per heavy atom. The molecule has 0 aliphatic heterocycles. The molecule has 0 bridgehead atoms. The van der Waals surface area contributed by atoms with Crippen LogP contribution in [0.15, 0.2) is 29.2 Å². The molecule has 0 saturated heterocycles. The van der Waals surface area contributed by atoms with Gasteiger partial charge in [0.15, 0.2) is 6.10 Å². The van der Waals surface area contributed by atoms with Crippen molar-refractivity contribution in [2.45, 2.75) is 49.6 Å². The summed E-state index contributed by atoms with van der Waals surface area (Å²) in [5, 5.41) is 4.67. The largest absolute Gasteiger partial charge is 0.453 e. The number of imide groups is 1. The predicted molar refractivity (Wildman–Crippen MR) is 101 cm³/mol. The van der Waals surface area contributed by atoms with Gasteiger partial charge in [-0.1, -0.05) is 0 Å². The van der Waals surface area contributed by atoms with Crippen LogP contribution in [0.4, 0.5) is 9.18 Å². The molecule has 1 aliphatic carbocycles. The van der Waals surface area contributed by atoms with E-state index in [2.05, 4.69) is 10.6 Å². The maximum Gasteiger partial charge on any atom is 0.321 e. The number of urea groups is 1. The lowest BCUT2D eigenvalue weighted by Crippen LogP contribution is -2.45. The summed E-state index contributed by atoms with van der Waals surface area (Å²) in [6.45, 7) is 1.36. The molecule has 1 aromatic rings. The fraction of sp³-hybridized carbons (Fsp3) is 0.500. The first-order valence-corrected chi connectivity index (χ1v) is 10.6. The maximum atomic E-state index is 12.9. The molecule has 9 nitrogen and oxygen atoms in total. The number of rotatable bonds is 9. The van der Waals surface area contributed by atoms with E-state index in [1.807, 2.05) is 0 Å². The van der Waals surface area contributed by atoms with Crippen LogP contribution >= 0.6 is 0 Å². The average Bonchev–Trinajstić information content (AvgIpc) is 3.45. The van der Waals surface area contributed by atoms with Crippen LogP contribution in [0, 0.1) is 5.82 Å². The van der Waals surface area contributed by atoms with Crippen LogP contribution < -0.4 is 10.6 Å². The van der Waals surface area contributed by atoms with E-state index in [1.165, 1.54) is 14.0 Å². The molecule has 3 amide bonds. The highest BCUT2D eigenvalue weighted by molar-refractivity contribution is 7.89. The van der Waals surface area contributed by atoms with Gasteiger partial charge in [0.05, 0.1) is 4.90 Å². The molecular weight excluding hydrogens is 405 g/mol. The highest BCUT2D eigenvalue weighted by atomic mass is 32.2. The smallest absolute Gasteiger partial charge is 0.321 e. The summed E-state index contributed by atoms with van der Waals surface area (Å²) in [5.41, 5.74) is 0. The number of hydrogen-bond donors (Lipinski definition) is 2. The number of benzene rings is 1. The third-order valence-electron chi connectivity index (χ3n) is 4.20. The Morgan fingerprint density at radius 2 is 1.86 bits per heavy atom. The number of carbonyl (C=O) groups is 3. The van der Waals surface area contributed by atoms with E-state index in [1.54, 1.807) is 0 Å². The van der Waals surface area contributed by atoms with Gasteiger partial charge in [0.2, 0.25) is 10.0 Å². The summed E-state index contributed by atoms with van der Waals surface area (Å²) in [4.78, 5) is 35.1. The van der Waals surface area contributed by atoms with E-state index >= 15 is 0 Å². The molecule has 1 saturated carbocycles. The van der Waals surface area contributed by atoms with Crippen LogP contribution in [-0.4, -0.2) is 56.4 Å². The third-order valence-corrected chi connectivity index (χ3v) is 6.07. The Bertz CT molecular complexity index is 855. The van der Waals surface area contributed by atoms with Gasteiger partial charge in [-0.3, -0.25) is 14.9 Å². The first-order chi connectivity index (χ1) is 13.6. The van der Waals surface area contributed by atoms with E-state index in [4.69, 9.17) is 4.74 Å². The van der Waals surface area contributed by atoms with Crippen molar-refractivity contribution in [3.8, 4) is 0 Å². The van der Waals surface area contributed by atoms with Crippen molar-refractivity contribution in [3.05, 3.63) is 30.1 Å². The second-order valence-corrected chi connectivity index (χ2v) is 8.80. The molecule has 2 rings (SSSR count). The van der Waals surface area contributed by atoms with Gasteiger partial charge in [-0.05, 0) is 50.5 Å². The van der Waals surface area contributed by atoms with Gasteiger partial charge in [0.25, 0.3) is 5.91 Å². The summed E-state index contributed by atoms with van der Waals surface area (Å²) in [6.07, 6.45) is 0.629. The first kappa shape index (κ1) is 22.8. The molecule has 0 heterocycles. The second-order valence-electron chi connectivity index (χ2n) is 6.75. The Labute approximate surface area is 168 Å². The molecule has 1 aromatic carbocycles. The van der Waals surface area contributed by atoms with Gasteiger partial charge < -0.3 is 10.1 Å². The number of ether oxygens (including phenoxy) is 1. The third kappa shape index (κ3) is 7.09. The standard InChI is InChI=1S/C18H24FN3O6S/c1-12(17(24)21-18(25)20-14-7-8-14)28-16(23)4-3-11-22(2)29(26,27)15-9-5-13(19)6-10-15/h5-6,9-10,12,14H,3-4,7-8,11H2,1-2H3,(H2,20,21,24,25). The van der Waals surface area contributed by atoms with Crippen LogP contribution in [-0.2, 0) is 24.3 Å². The molecule has 2 N–H and O–H groups in total. The van der Waals surface area contributed by atoms with Crippen molar-refractivity contribution in [2.75, 3.05) is 13.6 Å². The fourth-order valence-electron chi connectivity index (χ4n) is 2.33. The summed E-state index contributed by atoms with van der Waals surface area (Å²) in [5.74, 6) is -1.98. The van der Waals surface area contributed by atoms with Gasteiger partial charge in [0, 0.05) is 26.1 Å². The second kappa shape index (κ2) is 9.79. The minimum Gasteiger partial charge on any atom is -0.453 e. The normalized spacial score (nSPS) is 14.9. The highest BCUT2D eigenvalue weighted by Crippen LogP contribution is 2.18. The molecule has 1 aliphatic rings. The van der Waals surface area contributed by atoms with E-state index in [-0.39, 0.29) is 30.3 Å². The summed E-state index contributed by atoms with van der Waals surface area (Å²) in [7, 11) is -2.46. The summed E-state index contributed by atoms with van der Waals surface area (Å²) in [6, 6.07) is 3.88. The average molecular weight is 429 g/mol. The molecular formula is C18H24FN3O6S. The Kier molecular flexibility index (Phi) is 7.68. The molecule has 1 unspecified atom stereocenters. The minimum atomic E-state index is -3.80. The van der Waals surface area contributed by atoms with Crippen LogP contribution in [0.5, 0.6) is 0 Å². The first-order valence-electron chi connectivity index (χ1n) is 9.12. The van der Waals surface area contributed by atoms with Gasteiger partial charge >= 0.3 is 12.0 Å². The van der Waals surface area contributed by atoms with Crippen molar-refractivity contribution in [2.24, 2.45) is 0 Å². The lowest BCUT2D eigenvalue weighted by atomic mass is 10.3. The topological polar surface area (TPSA) is 122 Å². The molecule has 1 fully saturated rings. The van der Waals surface area contributed by atoms with Gasteiger partial charge in [-0.2, -0.15) is 0 Å². The number of nitrogens with zero attached hydrogens (tertiary/aromatic N) is 1. The SMILES string of the molecule is CC(OC(=O)CCCN(C)S(=O)(=O)c1ccc(F)cc1)C(=O)NC(=O)NC1CC1. The fourth-order valence-corrected chi connectivity index (χ4v) is 3.53. The number of amides is 3. The zero-order valence-corrected chi connectivity index (χ0v) is 17.0. The van der Waals surface area contributed by atoms with Crippen molar-refractivity contribution >= 4 is 27.9 Å². The zero-order valence-electron chi connectivity index (χ0n) is 16.2. The lowest BCUT2D eigenvalue weighted by Gasteiger charge is -2.17. The van der Waals surface area contributed by atoms with Gasteiger partial charge in [0.1, 0.15) is 5.82 Å². The Balaban J connectivity index is 1.73. The number of halogens is 1. The summed E-state index contributed by atoms with van der Waals surface area (Å²) < 4.78 is 43.7. The number of carbonyl (C=O) groups excluding carboxylic acids is 3. The van der Waals surface area contributed by atoms with Crippen molar-refractivity contribution in [1.29, 1.82) is 0 Å². The number of nitrogens with one attached hydrogen (secondary N) is 2. The van der Waals surface area contributed by atoms with E-state index in [0.717, 1.165) is 41.4 Å². The Morgan fingerprint density at radius 3 is 2.45 bits per heavy atom. The van der Waals surface area contributed by atoms with E-state index in [0.29, 0.717) is 0 Å². The number of esters is 1. The van der Waals surface area contributed by atoms with Crippen LogP contribution in [0.1, 0.15) is 32.6 Å². The Hall–Kier alpha value is -2.53.